The van der Waals surface area contributed by atoms with Gasteiger partial charge in [0.1, 0.15) is 5.78 Å². The summed E-state index contributed by atoms with van der Waals surface area (Å²) in [4.78, 5) is 11.9. The van der Waals surface area contributed by atoms with Crippen molar-refractivity contribution in [2.45, 2.75) is 71.4 Å². The molecule has 0 aliphatic heterocycles. The van der Waals surface area contributed by atoms with Crippen molar-refractivity contribution in [3.63, 3.8) is 0 Å². The first-order valence-electron chi connectivity index (χ1n) is 6.44. The SMILES string of the molecule is CCC(=O)[C@@H](NC(C)C)C1CCCCC1. The number of nitrogens with one attached hydrogen (secondary N) is 1. The summed E-state index contributed by atoms with van der Waals surface area (Å²) in [6, 6.07) is 0.530. The van der Waals surface area contributed by atoms with E-state index in [1.807, 2.05) is 6.92 Å². The van der Waals surface area contributed by atoms with E-state index in [4.69, 9.17) is 0 Å². The summed E-state index contributed by atoms with van der Waals surface area (Å²) >= 11 is 0. The van der Waals surface area contributed by atoms with Gasteiger partial charge in [0.05, 0.1) is 6.04 Å². The Morgan fingerprint density at radius 2 is 1.87 bits per heavy atom. The Morgan fingerprint density at radius 3 is 2.33 bits per heavy atom. The molecule has 1 atom stereocenters. The number of Topliss-reactive ketones (excluding diaryl/α,β-unsaturated/α-hetero) is 1. The summed E-state index contributed by atoms with van der Waals surface area (Å²) in [7, 11) is 0. The molecule has 0 amide bonds. The van der Waals surface area contributed by atoms with Gasteiger partial charge in [-0.05, 0) is 18.8 Å². The number of rotatable bonds is 5. The van der Waals surface area contributed by atoms with Crippen molar-refractivity contribution in [1.82, 2.24) is 5.32 Å². The van der Waals surface area contributed by atoms with E-state index in [0.717, 1.165) is 0 Å². The molecule has 0 heterocycles. The predicted octanol–water partition coefficient (Wildman–Crippen LogP) is 2.91. The average Bonchev–Trinajstić information content (AvgIpc) is 2.26. The Kier molecular flexibility index (Phi) is 5.30. The van der Waals surface area contributed by atoms with E-state index in [0.29, 0.717) is 24.2 Å². The first-order chi connectivity index (χ1) is 7.15. The minimum atomic E-state index is 0.121. The van der Waals surface area contributed by atoms with Gasteiger partial charge < -0.3 is 5.32 Å². The van der Waals surface area contributed by atoms with Gasteiger partial charge in [-0.3, -0.25) is 4.79 Å². The highest BCUT2D eigenvalue weighted by atomic mass is 16.1. The van der Waals surface area contributed by atoms with Crippen molar-refractivity contribution in [1.29, 1.82) is 0 Å². The van der Waals surface area contributed by atoms with Crippen LogP contribution in [0, 0.1) is 5.92 Å². The summed E-state index contributed by atoms with van der Waals surface area (Å²) in [5.74, 6) is 0.990. The Balaban J connectivity index is 2.57. The van der Waals surface area contributed by atoms with E-state index in [1.165, 1.54) is 32.1 Å². The van der Waals surface area contributed by atoms with Crippen LogP contribution in [0.2, 0.25) is 0 Å². The molecule has 0 bridgehead atoms. The van der Waals surface area contributed by atoms with Crippen molar-refractivity contribution in [2.75, 3.05) is 0 Å². The summed E-state index contributed by atoms with van der Waals surface area (Å²) in [5.41, 5.74) is 0. The van der Waals surface area contributed by atoms with Crippen LogP contribution in [0.5, 0.6) is 0 Å². The summed E-state index contributed by atoms with van der Waals surface area (Å²) in [6.45, 7) is 6.22. The number of hydrogen-bond acceptors (Lipinski definition) is 2. The van der Waals surface area contributed by atoms with E-state index >= 15 is 0 Å². The Bertz CT molecular complexity index is 195. The van der Waals surface area contributed by atoms with Crippen LogP contribution in [0.15, 0.2) is 0 Å². The number of hydrogen-bond donors (Lipinski definition) is 1. The zero-order chi connectivity index (χ0) is 11.3. The molecule has 0 aromatic rings. The Hall–Kier alpha value is -0.370. The molecule has 1 aliphatic carbocycles. The third kappa shape index (κ3) is 3.94. The van der Waals surface area contributed by atoms with Crippen LogP contribution < -0.4 is 5.32 Å². The summed E-state index contributed by atoms with van der Waals surface area (Å²) < 4.78 is 0. The molecule has 15 heavy (non-hydrogen) atoms. The molecule has 1 rings (SSSR count). The van der Waals surface area contributed by atoms with Crippen LogP contribution in [0.1, 0.15) is 59.3 Å². The molecule has 1 saturated carbocycles. The highest BCUT2D eigenvalue weighted by Crippen LogP contribution is 2.27. The maximum Gasteiger partial charge on any atom is 0.149 e. The molecule has 2 nitrogen and oxygen atoms in total. The fourth-order valence-corrected chi connectivity index (χ4v) is 2.54. The average molecular weight is 211 g/mol. The number of carbonyl (C=O) groups excluding carboxylic acids is 1. The molecule has 0 aromatic heterocycles. The lowest BCUT2D eigenvalue weighted by Crippen LogP contribution is -2.46. The van der Waals surface area contributed by atoms with Crippen LogP contribution in [-0.2, 0) is 4.79 Å². The normalized spacial score (nSPS) is 20.5. The van der Waals surface area contributed by atoms with Gasteiger partial charge in [0, 0.05) is 12.5 Å². The highest BCUT2D eigenvalue weighted by Gasteiger charge is 2.28. The predicted molar refractivity (Wildman–Crippen MR) is 63.9 cm³/mol. The number of ketones is 1. The summed E-state index contributed by atoms with van der Waals surface area (Å²) in [6.07, 6.45) is 7.09. The smallest absolute Gasteiger partial charge is 0.149 e. The third-order valence-electron chi connectivity index (χ3n) is 3.33. The zero-order valence-electron chi connectivity index (χ0n) is 10.4. The molecular weight excluding hydrogens is 186 g/mol. The molecule has 0 aromatic carbocycles. The molecule has 1 fully saturated rings. The van der Waals surface area contributed by atoms with Gasteiger partial charge in [-0.25, -0.2) is 0 Å². The standard InChI is InChI=1S/C13H25NO/c1-4-12(15)13(14-10(2)3)11-8-6-5-7-9-11/h10-11,13-14H,4-9H2,1-3H3/t13-/m0/s1. The van der Waals surface area contributed by atoms with E-state index in [9.17, 15) is 4.79 Å². The van der Waals surface area contributed by atoms with Crippen molar-refractivity contribution >= 4 is 5.78 Å². The van der Waals surface area contributed by atoms with Crippen LogP contribution in [0.25, 0.3) is 0 Å². The second kappa shape index (κ2) is 6.26. The maximum atomic E-state index is 11.9. The fourth-order valence-electron chi connectivity index (χ4n) is 2.54. The van der Waals surface area contributed by atoms with E-state index < -0.39 is 0 Å². The molecule has 0 radical (unpaired) electrons. The van der Waals surface area contributed by atoms with Gasteiger partial charge in [0.25, 0.3) is 0 Å². The number of carbonyl (C=O) groups is 1. The van der Waals surface area contributed by atoms with E-state index in [2.05, 4.69) is 19.2 Å². The van der Waals surface area contributed by atoms with Crippen molar-refractivity contribution < 1.29 is 4.79 Å². The van der Waals surface area contributed by atoms with Gasteiger partial charge in [0.2, 0.25) is 0 Å². The van der Waals surface area contributed by atoms with Gasteiger partial charge in [0.15, 0.2) is 0 Å². The first kappa shape index (κ1) is 12.7. The Labute approximate surface area is 93.8 Å². The lowest BCUT2D eigenvalue weighted by molar-refractivity contribution is -0.122. The van der Waals surface area contributed by atoms with Gasteiger partial charge in [-0.1, -0.05) is 40.0 Å². The fraction of sp³-hybridized carbons (Fsp3) is 0.923. The molecule has 0 unspecified atom stereocenters. The zero-order valence-corrected chi connectivity index (χ0v) is 10.4. The maximum absolute atomic E-state index is 11.9. The molecule has 0 saturated heterocycles. The lowest BCUT2D eigenvalue weighted by atomic mass is 9.81. The van der Waals surface area contributed by atoms with Crippen molar-refractivity contribution in [3.8, 4) is 0 Å². The topological polar surface area (TPSA) is 29.1 Å². The van der Waals surface area contributed by atoms with Crippen LogP contribution in [0.3, 0.4) is 0 Å². The first-order valence-corrected chi connectivity index (χ1v) is 6.44. The van der Waals surface area contributed by atoms with E-state index in [-0.39, 0.29) is 6.04 Å². The van der Waals surface area contributed by atoms with Gasteiger partial charge in [-0.15, -0.1) is 0 Å². The molecular formula is C13H25NO. The molecule has 0 spiro atoms. The van der Waals surface area contributed by atoms with Crippen LogP contribution in [-0.4, -0.2) is 17.9 Å². The quantitative estimate of drug-likeness (QED) is 0.757. The summed E-state index contributed by atoms with van der Waals surface area (Å²) in [5, 5.41) is 3.45. The largest absolute Gasteiger partial charge is 0.305 e. The van der Waals surface area contributed by atoms with Gasteiger partial charge in [-0.2, -0.15) is 0 Å². The lowest BCUT2D eigenvalue weighted by Gasteiger charge is -2.31. The van der Waals surface area contributed by atoms with Crippen LogP contribution >= 0.6 is 0 Å². The van der Waals surface area contributed by atoms with Crippen molar-refractivity contribution in [3.05, 3.63) is 0 Å². The molecule has 2 heteroatoms. The molecule has 1 N–H and O–H groups in total. The van der Waals surface area contributed by atoms with Crippen LogP contribution in [0.4, 0.5) is 0 Å². The minimum absolute atomic E-state index is 0.121. The molecule has 88 valence electrons. The Morgan fingerprint density at radius 1 is 1.27 bits per heavy atom. The monoisotopic (exact) mass is 211 g/mol. The van der Waals surface area contributed by atoms with E-state index in [1.54, 1.807) is 0 Å². The highest BCUT2D eigenvalue weighted by molar-refractivity contribution is 5.84. The molecule has 1 aliphatic rings. The second-order valence-corrected chi connectivity index (χ2v) is 5.02. The third-order valence-corrected chi connectivity index (χ3v) is 3.33. The second-order valence-electron chi connectivity index (χ2n) is 5.02. The minimum Gasteiger partial charge on any atom is -0.305 e. The van der Waals surface area contributed by atoms with Crippen molar-refractivity contribution in [2.24, 2.45) is 5.92 Å². The van der Waals surface area contributed by atoms with Gasteiger partial charge >= 0.3 is 0 Å².